The second kappa shape index (κ2) is 12.0. The van der Waals surface area contributed by atoms with Crippen LogP contribution in [0.3, 0.4) is 0 Å². The minimum absolute atomic E-state index is 0.0176. The third-order valence-electron chi connectivity index (χ3n) is 8.44. The summed E-state index contributed by atoms with van der Waals surface area (Å²) >= 11 is 0. The summed E-state index contributed by atoms with van der Waals surface area (Å²) in [5, 5.41) is 24.6. The first kappa shape index (κ1) is 28.8. The number of aliphatic hydroxyl groups excluding tert-OH is 1. The molecule has 0 aromatic heterocycles. The summed E-state index contributed by atoms with van der Waals surface area (Å²) in [7, 11) is 1.53. The first-order chi connectivity index (χ1) is 19.8. The van der Waals surface area contributed by atoms with Crippen LogP contribution in [0.15, 0.2) is 54.6 Å². The molecule has 3 atom stereocenters. The Morgan fingerprint density at radius 3 is 2.68 bits per heavy atom. The molecule has 0 bridgehead atoms. The number of hydrogen-bond donors (Lipinski definition) is 3. The molecular formula is C31H38N4O6. The van der Waals surface area contributed by atoms with Gasteiger partial charge in [0.05, 0.1) is 38.5 Å². The van der Waals surface area contributed by atoms with E-state index >= 15 is 0 Å². The van der Waals surface area contributed by atoms with Crippen molar-refractivity contribution in [3.8, 4) is 5.75 Å². The second-order valence-electron chi connectivity index (χ2n) is 10.9. The number of likely N-dealkylation sites (tertiary alicyclic amines) is 1. The van der Waals surface area contributed by atoms with Crippen LogP contribution >= 0.6 is 0 Å². The van der Waals surface area contributed by atoms with Gasteiger partial charge in [0.2, 0.25) is 11.8 Å². The molecule has 2 aromatic carbocycles. The van der Waals surface area contributed by atoms with Crippen molar-refractivity contribution in [2.45, 2.75) is 44.4 Å². The topological polar surface area (TPSA) is 123 Å². The first-order valence-electron chi connectivity index (χ1n) is 14.2. The predicted molar refractivity (Wildman–Crippen MR) is 154 cm³/mol. The second-order valence-corrected chi connectivity index (χ2v) is 10.9. The Labute approximate surface area is 240 Å². The van der Waals surface area contributed by atoms with E-state index in [2.05, 4.69) is 5.32 Å². The predicted octanol–water partition coefficient (Wildman–Crippen LogP) is 1.93. The number of aliphatic hydroxyl groups is 2. The summed E-state index contributed by atoms with van der Waals surface area (Å²) < 4.78 is 5.40. The summed E-state index contributed by atoms with van der Waals surface area (Å²) in [4.78, 5) is 43.9. The van der Waals surface area contributed by atoms with E-state index in [4.69, 9.17) is 4.74 Å². The number of carbonyl (C=O) groups is 3. The molecule has 5 rings (SSSR count). The zero-order valence-electron chi connectivity index (χ0n) is 23.6. The number of carbonyl (C=O) groups excluding carboxylic acids is 3. The number of nitrogens with zero attached hydrogens (tertiary/aromatic N) is 3. The van der Waals surface area contributed by atoms with Crippen molar-refractivity contribution in [1.82, 2.24) is 10.2 Å². The fraction of sp³-hybridized carbons (Fsp3) is 0.452. The monoisotopic (exact) mass is 562 g/mol. The minimum Gasteiger partial charge on any atom is -0.497 e. The van der Waals surface area contributed by atoms with Gasteiger partial charge in [0.25, 0.3) is 5.91 Å². The molecule has 0 spiro atoms. The van der Waals surface area contributed by atoms with Crippen molar-refractivity contribution >= 4 is 29.1 Å². The molecule has 0 aliphatic carbocycles. The number of amides is 3. The summed E-state index contributed by atoms with van der Waals surface area (Å²) in [6, 6.07) is 12.6. The van der Waals surface area contributed by atoms with E-state index in [-0.39, 0.29) is 37.4 Å². The van der Waals surface area contributed by atoms with Gasteiger partial charge in [-0.3, -0.25) is 14.4 Å². The molecule has 218 valence electrons. The average molecular weight is 563 g/mol. The van der Waals surface area contributed by atoms with Crippen LogP contribution in [0.1, 0.15) is 37.3 Å². The van der Waals surface area contributed by atoms with Gasteiger partial charge in [0.15, 0.2) is 5.60 Å². The number of rotatable bonds is 9. The van der Waals surface area contributed by atoms with Crippen LogP contribution in [0, 0.1) is 5.92 Å². The van der Waals surface area contributed by atoms with Gasteiger partial charge < -0.3 is 35.0 Å². The molecule has 2 saturated heterocycles. The van der Waals surface area contributed by atoms with E-state index < -0.39 is 17.4 Å². The molecule has 3 amide bonds. The lowest BCUT2D eigenvalue weighted by molar-refractivity contribution is -0.139. The molecule has 2 fully saturated rings. The highest BCUT2D eigenvalue weighted by atomic mass is 16.5. The zero-order valence-corrected chi connectivity index (χ0v) is 23.6. The van der Waals surface area contributed by atoms with Crippen molar-refractivity contribution in [3.05, 3.63) is 65.7 Å². The minimum atomic E-state index is -1.85. The lowest BCUT2D eigenvalue weighted by atomic mass is 9.83. The van der Waals surface area contributed by atoms with E-state index in [1.54, 1.807) is 52.0 Å². The van der Waals surface area contributed by atoms with E-state index in [1.165, 1.54) is 7.11 Å². The zero-order chi connectivity index (χ0) is 29.1. The van der Waals surface area contributed by atoms with Gasteiger partial charge in [-0.15, -0.1) is 0 Å². The maximum absolute atomic E-state index is 13.9. The van der Waals surface area contributed by atoms with Gasteiger partial charge in [-0.2, -0.15) is 0 Å². The van der Waals surface area contributed by atoms with Crippen molar-refractivity contribution < 1.29 is 29.3 Å². The molecule has 2 aromatic rings. The van der Waals surface area contributed by atoms with E-state index in [1.807, 2.05) is 24.3 Å². The van der Waals surface area contributed by atoms with E-state index in [9.17, 15) is 24.6 Å². The number of fused-ring (bicyclic) bond motifs is 1. The van der Waals surface area contributed by atoms with Gasteiger partial charge in [0.1, 0.15) is 5.75 Å². The lowest BCUT2D eigenvalue weighted by Gasteiger charge is -2.28. The van der Waals surface area contributed by atoms with Gasteiger partial charge >= 0.3 is 0 Å². The van der Waals surface area contributed by atoms with Crippen LogP contribution < -0.4 is 19.9 Å². The highest BCUT2D eigenvalue weighted by molar-refractivity contribution is 6.07. The van der Waals surface area contributed by atoms with E-state index in [0.717, 1.165) is 30.6 Å². The average Bonchev–Trinajstić information content (AvgIpc) is 3.56. The van der Waals surface area contributed by atoms with Crippen molar-refractivity contribution in [2.75, 3.05) is 49.7 Å². The van der Waals surface area contributed by atoms with Crippen LogP contribution in [0.5, 0.6) is 5.75 Å². The molecule has 3 N–H and O–H groups in total. The maximum Gasteiger partial charge on any atom is 0.264 e. The normalized spacial score (nSPS) is 23.4. The molecule has 3 aliphatic heterocycles. The molecule has 10 heteroatoms. The highest BCUT2D eigenvalue weighted by Gasteiger charge is 2.52. The van der Waals surface area contributed by atoms with Crippen LogP contribution in [-0.2, 0) is 26.5 Å². The van der Waals surface area contributed by atoms with Crippen LogP contribution in [0.4, 0.5) is 11.4 Å². The third kappa shape index (κ3) is 5.47. The van der Waals surface area contributed by atoms with Gasteiger partial charge in [-0.1, -0.05) is 31.2 Å². The largest absolute Gasteiger partial charge is 0.497 e. The molecular weight excluding hydrogens is 524 g/mol. The molecule has 10 nitrogen and oxygen atoms in total. The first-order valence-corrected chi connectivity index (χ1v) is 14.2. The molecule has 0 unspecified atom stereocenters. The highest BCUT2D eigenvalue weighted by Crippen LogP contribution is 2.47. The summed E-state index contributed by atoms with van der Waals surface area (Å²) in [6.45, 7) is 4.22. The Bertz CT molecular complexity index is 1330. The van der Waals surface area contributed by atoms with Crippen molar-refractivity contribution in [2.24, 2.45) is 5.92 Å². The number of ether oxygens (including phenoxy) is 1. The lowest BCUT2D eigenvalue weighted by Crippen LogP contribution is -2.48. The number of methoxy groups -OCH3 is 1. The number of nitrogens with one attached hydrogen (secondary N) is 1. The van der Waals surface area contributed by atoms with Crippen LogP contribution in [0.25, 0.3) is 0 Å². The summed E-state index contributed by atoms with van der Waals surface area (Å²) in [6.07, 6.45) is 5.20. The third-order valence-corrected chi connectivity index (χ3v) is 8.44. The van der Waals surface area contributed by atoms with Crippen molar-refractivity contribution in [1.29, 1.82) is 0 Å². The fourth-order valence-corrected chi connectivity index (χ4v) is 6.04. The summed E-state index contributed by atoms with van der Waals surface area (Å²) in [5.74, 6) is -0.622. The van der Waals surface area contributed by atoms with Gasteiger partial charge in [0, 0.05) is 43.2 Å². The Morgan fingerprint density at radius 1 is 1.20 bits per heavy atom. The number of piperazine rings is 1. The summed E-state index contributed by atoms with van der Waals surface area (Å²) in [5.41, 5.74) is 0.862. The molecule has 41 heavy (non-hydrogen) atoms. The number of hydrogen-bond acceptors (Lipinski definition) is 7. The van der Waals surface area contributed by atoms with Crippen LogP contribution in [-0.4, -0.2) is 78.8 Å². The number of benzene rings is 2. The Hall–Kier alpha value is -3.73. The molecule has 3 aliphatic rings. The fourth-order valence-electron chi connectivity index (χ4n) is 6.04. The van der Waals surface area contributed by atoms with Gasteiger partial charge in [-0.05, 0) is 48.7 Å². The smallest absolute Gasteiger partial charge is 0.264 e. The van der Waals surface area contributed by atoms with Crippen molar-refractivity contribution in [3.63, 3.8) is 0 Å². The quantitative estimate of drug-likeness (QED) is 0.399. The van der Waals surface area contributed by atoms with Crippen LogP contribution in [0.2, 0.25) is 0 Å². The Morgan fingerprint density at radius 2 is 1.98 bits per heavy atom. The standard InChI is InChI=1S/C31H38N4O6/c1-21(5-3-7-28(37)33-15-4-6-24(33)20-36)31(40)26-17-25(41-2)12-13-27(26)35(30(31)39)19-22-8-10-23(11-9-22)34-16-14-32-18-29(34)38/h3,5,8-13,17,21,24,32,36,40H,4,6-7,14-16,18-20H2,1-2H3/b5-3+/t21-,24+,31+/m1/s1. The van der Waals surface area contributed by atoms with Gasteiger partial charge in [-0.25, -0.2) is 0 Å². The Kier molecular flexibility index (Phi) is 8.44. The van der Waals surface area contributed by atoms with E-state index in [0.29, 0.717) is 36.6 Å². The SMILES string of the molecule is COc1ccc2c(c1)[C@@](O)([C@H](C)/C=C/CC(=O)N1CCC[C@H]1CO)C(=O)N2Cc1ccc(N2CCNCC2=O)cc1. The Balaban J connectivity index is 1.35. The maximum atomic E-state index is 13.9. The molecule has 0 saturated carbocycles. The number of anilines is 2. The molecule has 0 radical (unpaired) electrons. The molecule has 3 heterocycles.